The van der Waals surface area contributed by atoms with E-state index < -0.39 is 0 Å². The first kappa shape index (κ1) is 8.78. The average molecular weight is 162 g/mol. The molecular formula is C10H12NO. The van der Waals surface area contributed by atoms with Gasteiger partial charge in [-0.15, -0.1) is 0 Å². The van der Waals surface area contributed by atoms with Crippen LogP contribution in [0, 0.1) is 20.0 Å². The van der Waals surface area contributed by atoms with Crippen molar-refractivity contribution in [3.05, 3.63) is 36.2 Å². The first-order valence-corrected chi connectivity index (χ1v) is 3.83. The Morgan fingerprint density at radius 3 is 3.00 bits per heavy atom. The maximum Gasteiger partial charge on any atom is 0.129 e. The second-order valence-electron chi connectivity index (χ2n) is 2.61. The summed E-state index contributed by atoms with van der Waals surface area (Å²) < 4.78 is 5.43. The summed E-state index contributed by atoms with van der Waals surface area (Å²) in [5, 5.41) is 0. The molecule has 0 aliphatic carbocycles. The highest BCUT2D eigenvalue weighted by Crippen LogP contribution is 2.20. The second-order valence-corrected chi connectivity index (χ2v) is 2.61. The second kappa shape index (κ2) is 3.90. The number of pyridine rings is 1. The zero-order chi connectivity index (χ0) is 8.97. The molecule has 12 heavy (non-hydrogen) atoms. The van der Waals surface area contributed by atoms with Crippen molar-refractivity contribution >= 4 is 0 Å². The van der Waals surface area contributed by atoms with Crippen LogP contribution in [0.15, 0.2) is 18.9 Å². The molecule has 2 nitrogen and oxygen atoms in total. The van der Waals surface area contributed by atoms with Crippen molar-refractivity contribution in [1.29, 1.82) is 0 Å². The van der Waals surface area contributed by atoms with Gasteiger partial charge in [0.25, 0.3) is 0 Å². The molecular weight excluding hydrogens is 150 g/mol. The summed E-state index contributed by atoms with van der Waals surface area (Å²) in [4.78, 5) is 3.92. The van der Waals surface area contributed by atoms with Gasteiger partial charge in [0.2, 0.25) is 0 Å². The van der Waals surface area contributed by atoms with Gasteiger partial charge in [0.05, 0.1) is 6.20 Å². The van der Waals surface area contributed by atoms with Gasteiger partial charge in [-0.25, -0.2) is 0 Å². The van der Waals surface area contributed by atoms with E-state index in [1.165, 1.54) is 0 Å². The molecule has 0 saturated carbocycles. The molecule has 0 N–H and O–H groups in total. The van der Waals surface area contributed by atoms with Gasteiger partial charge in [0, 0.05) is 17.3 Å². The molecule has 0 aliphatic heterocycles. The van der Waals surface area contributed by atoms with Crippen molar-refractivity contribution in [2.45, 2.75) is 13.8 Å². The highest BCUT2D eigenvalue weighted by molar-refractivity contribution is 5.36. The molecule has 1 aromatic heterocycles. The number of hydrogen-bond donors (Lipinski definition) is 0. The van der Waals surface area contributed by atoms with Gasteiger partial charge in [-0.2, -0.15) is 0 Å². The average Bonchev–Trinajstić information content (AvgIpc) is 2.04. The third-order valence-corrected chi connectivity index (χ3v) is 1.53. The monoisotopic (exact) mass is 162 g/mol. The van der Waals surface area contributed by atoms with Crippen LogP contribution in [-0.4, -0.2) is 11.6 Å². The van der Waals surface area contributed by atoms with E-state index in [9.17, 15) is 0 Å². The van der Waals surface area contributed by atoms with Crippen molar-refractivity contribution < 1.29 is 4.74 Å². The number of aryl methyl sites for hydroxylation is 2. The van der Waals surface area contributed by atoms with Crippen LogP contribution in [0.5, 0.6) is 5.75 Å². The number of nitrogens with zero attached hydrogens (tertiary/aromatic N) is 1. The standard InChI is InChI=1S/C10H12NO/c1-4-5-12-10-8(2)6-11-7-9(10)3/h4,6H,1,5H2,2-3H3. The van der Waals surface area contributed by atoms with E-state index in [0.29, 0.717) is 6.61 Å². The molecule has 1 radical (unpaired) electrons. The van der Waals surface area contributed by atoms with E-state index in [1.54, 1.807) is 12.3 Å². The molecule has 0 saturated heterocycles. The smallest absolute Gasteiger partial charge is 0.129 e. The fourth-order valence-electron chi connectivity index (χ4n) is 0.995. The lowest BCUT2D eigenvalue weighted by Gasteiger charge is -2.08. The predicted octanol–water partition coefficient (Wildman–Crippen LogP) is 2.06. The quantitative estimate of drug-likeness (QED) is 0.635. The summed E-state index contributed by atoms with van der Waals surface area (Å²) >= 11 is 0. The number of aromatic nitrogens is 1. The van der Waals surface area contributed by atoms with Crippen LogP contribution < -0.4 is 4.74 Å². The van der Waals surface area contributed by atoms with E-state index in [1.807, 2.05) is 13.8 Å². The molecule has 2 heteroatoms. The largest absolute Gasteiger partial charge is 0.489 e. The fourth-order valence-corrected chi connectivity index (χ4v) is 0.995. The van der Waals surface area contributed by atoms with Crippen molar-refractivity contribution in [2.75, 3.05) is 6.61 Å². The Balaban J connectivity index is 2.88. The van der Waals surface area contributed by atoms with Crippen LogP contribution in [0.25, 0.3) is 0 Å². The third-order valence-electron chi connectivity index (χ3n) is 1.53. The molecule has 0 spiro atoms. The van der Waals surface area contributed by atoms with Gasteiger partial charge in [0.15, 0.2) is 0 Å². The Kier molecular flexibility index (Phi) is 2.86. The van der Waals surface area contributed by atoms with Crippen LogP contribution in [-0.2, 0) is 0 Å². The van der Waals surface area contributed by atoms with Gasteiger partial charge in [-0.3, -0.25) is 4.98 Å². The predicted molar refractivity (Wildman–Crippen MR) is 48.2 cm³/mol. The molecule has 0 amide bonds. The molecule has 1 aromatic rings. The lowest BCUT2D eigenvalue weighted by atomic mass is 10.2. The molecule has 1 rings (SSSR count). The van der Waals surface area contributed by atoms with Crippen molar-refractivity contribution in [1.82, 2.24) is 4.98 Å². The van der Waals surface area contributed by atoms with E-state index in [0.717, 1.165) is 16.9 Å². The molecule has 1 heterocycles. The van der Waals surface area contributed by atoms with Crippen LogP contribution in [0.4, 0.5) is 0 Å². The van der Waals surface area contributed by atoms with Crippen molar-refractivity contribution in [3.8, 4) is 5.75 Å². The molecule has 0 aromatic carbocycles. The fraction of sp³-hybridized carbons (Fsp3) is 0.300. The molecule has 0 bridgehead atoms. The van der Waals surface area contributed by atoms with Crippen LogP contribution in [0.2, 0.25) is 0 Å². The minimum Gasteiger partial charge on any atom is -0.489 e. The van der Waals surface area contributed by atoms with Crippen LogP contribution in [0.1, 0.15) is 11.1 Å². The SMILES string of the molecule is C=CCOc1c(C)[c]ncc1C. The van der Waals surface area contributed by atoms with E-state index >= 15 is 0 Å². The summed E-state index contributed by atoms with van der Waals surface area (Å²) in [7, 11) is 0. The van der Waals surface area contributed by atoms with Gasteiger partial charge >= 0.3 is 0 Å². The Morgan fingerprint density at radius 1 is 1.67 bits per heavy atom. The maximum atomic E-state index is 5.43. The third kappa shape index (κ3) is 1.84. The molecule has 0 atom stereocenters. The molecule has 63 valence electrons. The number of rotatable bonds is 3. The first-order valence-electron chi connectivity index (χ1n) is 3.83. The van der Waals surface area contributed by atoms with Gasteiger partial charge in [0.1, 0.15) is 12.4 Å². The van der Waals surface area contributed by atoms with E-state index in [-0.39, 0.29) is 0 Å². The van der Waals surface area contributed by atoms with E-state index in [4.69, 9.17) is 4.74 Å². The van der Waals surface area contributed by atoms with Crippen LogP contribution >= 0.6 is 0 Å². The van der Waals surface area contributed by atoms with E-state index in [2.05, 4.69) is 17.8 Å². The minimum absolute atomic E-state index is 0.527. The van der Waals surface area contributed by atoms with Crippen LogP contribution in [0.3, 0.4) is 0 Å². The summed E-state index contributed by atoms with van der Waals surface area (Å²) in [5.74, 6) is 0.866. The summed E-state index contributed by atoms with van der Waals surface area (Å²) in [5.41, 5.74) is 1.98. The normalized spacial score (nSPS) is 9.50. The zero-order valence-electron chi connectivity index (χ0n) is 7.42. The molecule has 0 aliphatic rings. The first-order chi connectivity index (χ1) is 5.75. The summed E-state index contributed by atoms with van der Waals surface area (Å²) in [6.07, 6.45) is 6.30. The molecule has 0 unspecified atom stereocenters. The highest BCUT2D eigenvalue weighted by atomic mass is 16.5. The maximum absolute atomic E-state index is 5.43. The number of hydrogen-bond acceptors (Lipinski definition) is 2. The lowest BCUT2D eigenvalue weighted by Crippen LogP contribution is -1.98. The Bertz CT molecular complexity index is 261. The van der Waals surface area contributed by atoms with Gasteiger partial charge < -0.3 is 4.74 Å². The van der Waals surface area contributed by atoms with Crippen molar-refractivity contribution in [2.24, 2.45) is 0 Å². The lowest BCUT2D eigenvalue weighted by molar-refractivity contribution is 0.357. The Hall–Kier alpha value is -1.31. The number of ether oxygens (including phenoxy) is 1. The zero-order valence-corrected chi connectivity index (χ0v) is 7.42. The molecule has 0 fully saturated rings. The Labute approximate surface area is 72.9 Å². The van der Waals surface area contributed by atoms with Gasteiger partial charge in [-0.1, -0.05) is 12.7 Å². The van der Waals surface area contributed by atoms with Crippen molar-refractivity contribution in [3.63, 3.8) is 0 Å². The topological polar surface area (TPSA) is 22.1 Å². The Morgan fingerprint density at radius 2 is 2.42 bits per heavy atom. The highest BCUT2D eigenvalue weighted by Gasteiger charge is 2.02. The minimum atomic E-state index is 0.527. The summed E-state index contributed by atoms with van der Waals surface area (Å²) in [6.45, 7) is 8.01. The van der Waals surface area contributed by atoms with Gasteiger partial charge in [-0.05, 0) is 13.8 Å². The summed E-state index contributed by atoms with van der Waals surface area (Å²) in [6, 6.07) is 0.